The third-order valence-corrected chi connectivity index (χ3v) is 1.95. The molecule has 16 heavy (non-hydrogen) atoms. The molecule has 0 aromatic heterocycles. The van der Waals surface area contributed by atoms with Crippen molar-refractivity contribution in [3.8, 4) is 0 Å². The Morgan fingerprint density at radius 1 is 1.00 bits per heavy atom. The molecule has 0 aliphatic heterocycles. The molecule has 0 amide bonds. The van der Waals surface area contributed by atoms with E-state index in [1.165, 1.54) is 0 Å². The Bertz CT molecular complexity index is 272. The average Bonchev–Trinajstić information content (AvgIpc) is 1.98. The van der Waals surface area contributed by atoms with Crippen molar-refractivity contribution >= 4 is 17.9 Å². The maximum atomic E-state index is 10.9. The second kappa shape index (κ2) is 6.06. The zero-order valence-electron chi connectivity index (χ0n) is 9.08. The van der Waals surface area contributed by atoms with Crippen molar-refractivity contribution in [3.05, 3.63) is 0 Å². The van der Waals surface area contributed by atoms with Gasteiger partial charge in [0.2, 0.25) is 0 Å². The minimum absolute atomic E-state index is 0.379. The molecule has 92 valence electrons. The number of carboxylic acid groups (broad SMARTS) is 3. The van der Waals surface area contributed by atoms with Crippen LogP contribution in [-0.4, -0.2) is 57.3 Å². The van der Waals surface area contributed by atoms with Gasteiger partial charge >= 0.3 is 17.9 Å². The zero-order chi connectivity index (χ0) is 12.9. The van der Waals surface area contributed by atoms with Gasteiger partial charge in [-0.25, -0.2) is 0 Å². The summed E-state index contributed by atoms with van der Waals surface area (Å²) in [5.74, 6) is -4.12. The lowest BCUT2D eigenvalue weighted by molar-refractivity contribution is -0.150. The second-order valence-corrected chi connectivity index (χ2v) is 3.72. The van der Waals surface area contributed by atoms with Crippen molar-refractivity contribution in [2.75, 3.05) is 13.1 Å². The topological polar surface area (TPSA) is 115 Å². The van der Waals surface area contributed by atoms with Gasteiger partial charge in [-0.2, -0.15) is 0 Å². The van der Waals surface area contributed by atoms with E-state index >= 15 is 0 Å². The Hall–Kier alpha value is -1.63. The van der Waals surface area contributed by atoms with Crippen molar-refractivity contribution in [3.63, 3.8) is 0 Å². The summed E-state index contributed by atoms with van der Waals surface area (Å²) in [6.07, 6.45) is 0. The van der Waals surface area contributed by atoms with E-state index in [2.05, 4.69) is 0 Å². The molecule has 0 spiro atoms. The van der Waals surface area contributed by atoms with Gasteiger partial charge in [0.25, 0.3) is 0 Å². The normalized spacial score (nSPS) is 12.8. The molecule has 0 heterocycles. The predicted octanol–water partition coefficient (Wildman–Crippen LogP) is -0.433. The van der Waals surface area contributed by atoms with Crippen molar-refractivity contribution in [2.45, 2.75) is 19.9 Å². The first-order valence-corrected chi connectivity index (χ1v) is 4.66. The van der Waals surface area contributed by atoms with Crippen LogP contribution < -0.4 is 0 Å². The lowest BCUT2D eigenvalue weighted by Gasteiger charge is -2.28. The van der Waals surface area contributed by atoms with Crippen LogP contribution in [0, 0.1) is 5.92 Å². The van der Waals surface area contributed by atoms with Gasteiger partial charge in [0.1, 0.15) is 6.04 Å². The molecule has 0 bridgehead atoms. The van der Waals surface area contributed by atoms with Gasteiger partial charge in [0, 0.05) is 0 Å². The van der Waals surface area contributed by atoms with Gasteiger partial charge in [0.05, 0.1) is 13.1 Å². The van der Waals surface area contributed by atoms with Crippen LogP contribution in [0.1, 0.15) is 13.8 Å². The zero-order valence-corrected chi connectivity index (χ0v) is 9.08. The molecule has 3 N–H and O–H groups in total. The van der Waals surface area contributed by atoms with Gasteiger partial charge < -0.3 is 15.3 Å². The third-order valence-electron chi connectivity index (χ3n) is 1.95. The number of nitrogens with zero attached hydrogens (tertiary/aromatic N) is 1. The maximum absolute atomic E-state index is 10.9. The molecule has 0 saturated heterocycles. The fourth-order valence-electron chi connectivity index (χ4n) is 1.46. The standard InChI is InChI=1S/C9H15NO6/c1-5(2)8(9(15)16)10(3-6(11)12)4-7(13)14/h5,8H,3-4H2,1-2H3,(H,11,12)(H,13,14)(H,15,16). The van der Waals surface area contributed by atoms with Crippen molar-refractivity contribution in [1.29, 1.82) is 0 Å². The van der Waals surface area contributed by atoms with Gasteiger partial charge in [-0.05, 0) is 5.92 Å². The molecule has 1 atom stereocenters. The Labute approximate surface area is 92.3 Å². The molecule has 0 saturated carbocycles. The molecular formula is C9H15NO6. The van der Waals surface area contributed by atoms with E-state index in [9.17, 15) is 14.4 Å². The number of hydrogen-bond acceptors (Lipinski definition) is 4. The van der Waals surface area contributed by atoms with Crippen LogP contribution in [0.4, 0.5) is 0 Å². The van der Waals surface area contributed by atoms with Gasteiger partial charge in [0.15, 0.2) is 0 Å². The Balaban J connectivity index is 4.87. The summed E-state index contributed by atoms with van der Waals surface area (Å²) in [5.41, 5.74) is 0. The van der Waals surface area contributed by atoms with Crippen LogP contribution in [0.2, 0.25) is 0 Å². The summed E-state index contributed by atoms with van der Waals surface area (Å²) in [5, 5.41) is 26.1. The third kappa shape index (κ3) is 4.74. The molecule has 0 rings (SSSR count). The molecular weight excluding hydrogens is 218 g/mol. The number of aliphatic carboxylic acids is 3. The van der Waals surface area contributed by atoms with E-state index in [1.54, 1.807) is 13.8 Å². The Morgan fingerprint density at radius 2 is 1.38 bits per heavy atom. The highest BCUT2D eigenvalue weighted by atomic mass is 16.4. The second-order valence-electron chi connectivity index (χ2n) is 3.72. The minimum atomic E-state index is -1.26. The fourth-order valence-corrected chi connectivity index (χ4v) is 1.46. The van der Waals surface area contributed by atoms with Gasteiger partial charge in [-0.1, -0.05) is 13.8 Å². The van der Waals surface area contributed by atoms with Crippen LogP contribution in [0.3, 0.4) is 0 Å². The minimum Gasteiger partial charge on any atom is -0.480 e. The quantitative estimate of drug-likeness (QED) is 0.546. The van der Waals surface area contributed by atoms with E-state index < -0.39 is 37.0 Å². The number of carbonyl (C=O) groups is 3. The largest absolute Gasteiger partial charge is 0.480 e. The number of carboxylic acids is 3. The summed E-state index contributed by atoms with van der Waals surface area (Å²) < 4.78 is 0. The van der Waals surface area contributed by atoms with Crippen LogP contribution in [-0.2, 0) is 14.4 Å². The highest BCUT2D eigenvalue weighted by Crippen LogP contribution is 2.11. The van der Waals surface area contributed by atoms with Crippen molar-refractivity contribution in [1.82, 2.24) is 4.90 Å². The Kier molecular flexibility index (Phi) is 5.44. The van der Waals surface area contributed by atoms with Crippen LogP contribution in [0.25, 0.3) is 0 Å². The highest BCUT2D eigenvalue weighted by molar-refractivity contribution is 5.78. The van der Waals surface area contributed by atoms with E-state index in [0.29, 0.717) is 0 Å². The van der Waals surface area contributed by atoms with Gasteiger partial charge in [-0.3, -0.25) is 19.3 Å². The summed E-state index contributed by atoms with van der Waals surface area (Å²) >= 11 is 0. The summed E-state index contributed by atoms with van der Waals surface area (Å²) in [4.78, 5) is 32.9. The Morgan fingerprint density at radius 3 is 1.56 bits per heavy atom. The SMILES string of the molecule is CC(C)C(C(=O)O)N(CC(=O)O)CC(=O)O. The maximum Gasteiger partial charge on any atom is 0.321 e. The van der Waals surface area contributed by atoms with Crippen LogP contribution >= 0.6 is 0 Å². The lowest BCUT2D eigenvalue weighted by atomic mass is 10.0. The monoisotopic (exact) mass is 233 g/mol. The van der Waals surface area contributed by atoms with Gasteiger partial charge in [-0.15, -0.1) is 0 Å². The molecule has 0 aromatic carbocycles. The summed E-state index contributed by atoms with van der Waals surface area (Å²) in [7, 11) is 0. The number of hydrogen-bond donors (Lipinski definition) is 3. The molecule has 7 nitrogen and oxygen atoms in total. The van der Waals surface area contributed by atoms with Crippen molar-refractivity contribution in [2.24, 2.45) is 5.92 Å². The predicted molar refractivity (Wildman–Crippen MR) is 53.1 cm³/mol. The first kappa shape index (κ1) is 14.4. The first-order valence-electron chi connectivity index (χ1n) is 4.66. The molecule has 0 fully saturated rings. The van der Waals surface area contributed by atoms with E-state index in [1.807, 2.05) is 0 Å². The van der Waals surface area contributed by atoms with E-state index in [0.717, 1.165) is 4.90 Å². The first-order chi connectivity index (χ1) is 7.25. The van der Waals surface area contributed by atoms with E-state index in [4.69, 9.17) is 15.3 Å². The molecule has 7 heteroatoms. The van der Waals surface area contributed by atoms with Crippen molar-refractivity contribution < 1.29 is 29.7 Å². The fraction of sp³-hybridized carbons (Fsp3) is 0.667. The highest BCUT2D eigenvalue weighted by Gasteiger charge is 2.31. The van der Waals surface area contributed by atoms with Crippen LogP contribution in [0.5, 0.6) is 0 Å². The summed E-state index contributed by atoms with van der Waals surface area (Å²) in [6, 6.07) is -1.12. The molecule has 0 aromatic rings. The molecule has 0 aliphatic carbocycles. The molecule has 0 radical (unpaired) electrons. The molecule has 1 unspecified atom stereocenters. The summed E-state index contributed by atoms with van der Waals surface area (Å²) in [6.45, 7) is 1.97. The van der Waals surface area contributed by atoms with Crippen LogP contribution in [0.15, 0.2) is 0 Å². The lowest BCUT2D eigenvalue weighted by Crippen LogP contribution is -2.49. The number of rotatable bonds is 7. The smallest absolute Gasteiger partial charge is 0.321 e. The van der Waals surface area contributed by atoms with E-state index in [-0.39, 0.29) is 5.92 Å². The average molecular weight is 233 g/mol. The molecule has 0 aliphatic rings.